The predicted octanol–water partition coefficient (Wildman–Crippen LogP) is 4.08. The number of aromatic amines is 1. The number of hydrogen-bond acceptors (Lipinski definition) is 3. The van der Waals surface area contributed by atoms with Gasteiger partial charge in [0.25, 0.3) is 0 Å². The van der Waals surface area contributed by atoms with Crippen molar-refractivity contribution in [1.29, 1.82) is 0 Å². The Morgan fingerprint density at radius 1 is 1.40 bits per heavy atom. The van der Waals surface area contributed by atoms with Crippen molar-refractivity contribution in [3.05, 3.63) is 35.7 Å². The van der Waals surface area contributed by atoms with Crippen LogP contribution in [0.3, 0.4) is 0 Å². The SMILES string of the molecule is CC(C)(C)OC(=O)Nc1ccc(-c2cnc[nH]2)cc1Cl. The molecule has 0 aliphatic heterocycles. The van der Waals surface area contributed by atoms with Crippen molar-refractivity contribution in [3.63, 3.8) is 0 Å². The first-order chi connectivity index (χ1) is 9.35. The first kappa shape index (κ1) is 14.4. The Morgan fingerprint density at radius 3 is 2.70 bits per heavy atom. The molecule has 106 valence electrons. The van der Waals surface area contributed by atoms with Crippen molar-refractivity contribution in [3.8, 4) is 11.3 Å². The number of imidazole rings is 1. The number of carbonyl (C=O) groups is 1. The van der Waals surface area contributed by atoms with E-state index in [-0.39, 0.29) is 0 Å². The van der Waals surface area contributed by atoms with Gasteiger partial charge in [-0.15, -0.1) is 0 Å². The molecule has 0 saturated carbocycles. The number of halogens is 1. The van der Waals surface area contributed by atoms with Gasteiger partial charge in [0.2, 0.25) is 0 Å². The zero-order valence-corrected chi connectivity index (χ0v) is 12.3. The highest BCUT2D eigenvalue weighted by atomic mass is 35.5. The Kier molecular flexibility index (Phi) is 3.99. The van der Waals surface area contributed by atoms with Crippen molar-refractivity contribution < 1.29 is 9.53 Å². The quantitative estimate of drug-likeness (QED) is 0.877. The lowest BCUT2D eigenvalue weighted by Gasteiger charge is -2.20. The second-order valence-corrected chi connectivity index (χ2v) is 5.69. The molecule has 1 heterocycles. The second-order valence-electron chi connectivity index (χ2n) is 5.29. The van der Waals surface area contributed by atoms with Crippen LogP contribution in [0.25, 0.3) is 11.3 Å². The van der Waals surface area contributed by atoms with Crippen molar-refractivity contribution in [2.24, 2.45) is 0 Å². The Bertz CT molecular complexity index is 603. The molecule has 1 aromatic carbocycles. The van der Waals surface area contributed by atoms with Crippen LogP contribution in [0.5, 0.6) is 0 Å². The van der Waals surface area contributed by atoms with Crippen LogP contribution >= 0.6 is 11.6 Å². The van der Waals surface area contributed by atoms with Crippen molar-refractivity contribution in [1.82, 2.24) is 9.97 Å². The molecule has 1 amide bonds. The smallest absolute Gasteiger partial charge is 0.412 e. The van der Waals surface area contributed by atoms with Gasteiger partial charge in [-0.3, -0.25) is 5.32 Å². The van der Waals surface area contributed by atoms with Gasteiger partial charge < -0.3 is 9.72 Å². The molecule has 0 bridgehead atoms. The maximum atomic E-state index is 11.7. The highest BCUT2D eigenvalue weighted by Crippen LogP contribution is 2.28. The van der Waals surface area contributed by atoms with Gasteiger partial charge in [-0.05, 0) is 32.9 Å². The molecule has 1 aromatic heterocycles. The lowest BCUT2D eigenvalue weighted by molar-refractivity contribution is 0.0636. The highest BCUT2D eigenvalue weighted by molar-refractivity contribution is 6.34. The number of aromatic nitrogens is 2. The summed E-state index contributed by atoms with van der Waals surface area (Å²) in [6, 6.07) is 5.32. The summed E-state index contributed by atoms with van der Waals surface area (Å²) < 4.78 is 5.17. The summed E-state index contributed by atoms with van der Waals surface area (Å²) >= 11 is 6.16. The number of H-pyrrole nitrogens is 1. The number of carbonyl (C=O) groups excluding carboxylic acids is 1. The third-order valence-corrected chi connectivity index (χ3v) is 2.73. The second kappa shape index (κ2) is 5.54. The van der Waals surface area contributed by atoms with E-state index in [0.717, 1.165) is 11.3 Å². The predicted molar refractivity (Wildman–Crippen MR) is 78.9 cm³/mol. The number of amides is 1. The van der Waals surface area contributed by atoms with Crippen LogP contribution in [-0.2, 0) is 4.74 Å². The summed E-state index contributed by atoms with van der Waals surface area (Å²) in [5.41, 5.74) is 1.70. The molecule has 2 aromatic rings. The van der Waals surface area contributed by atoms with Gasteiger partial charge in [0, 0.05) is 5.56 Å². The monoisotopic (exact) mass is 293 g/mol. The number of nitrogens with one attached hydrogen (secondary N) is 2. The van der Waals surface area contributed by atoms with Gasteiger partial charge in [0.15, 0.2) is 0 Å². The molecular weight excluding hydrogens is 278 g/mol. The van der Waals surface area contributed by atoms with E-state index in [9.17, 15) is 4.79 Å². The maximum absolute atomic E-state index is 11.7. The normalized spacial score (nSPS) is 11.2. The molecule has 20 heavy (non-hydrogen) atoms. The number of nitrogens with zero attached hydrogens (tertiary/aromatic N) is 1. The maximum Gasteiger partial charge on any atom is 0.412 e. The zero-order chi connectivity index (χ0) is 14.8. The molecule has 5 nitrogen and oxygen atoms in total. The third-order valence-electron chi connectivity index (χ3n) is 2.41. The van der Waals surface area contributed by atoms with Gasteiger partial charge in [0.1, 0.15) is 5.60 Å². The van der Waals surface area contributed by atoms with E-state index in [4.69, 9.17) is 16.3 Å². The van der Waals surface area contributed by atoms with Crippen LogP contribution in [0.2, 0.25) is 5.02 Å². The Balaban J connectivity index is 2.13. The fourth-order valence-corrected chi connectivity index (χ4v) is 1.84. The molecule has 0 atom stereocenters. The van der Waals surface area contributed by atoms with E-state index in [2.05, 4.69) is 15.3 Å². The Hall–Kier alpha value is -2.01. The largest absolute Gasteiger partial charge is 0.444 e. The number of anilines is 1. The van der Waals surface area contributed by atoms with E-state index < -0.39 is 11.7 Å². The van der Waals surface area contributed by atoms with Crippen molar-refractivity contribution >= 4 is 23.4 Å². The number of hydrogen-bond donors (Lipinski definition) is 2. The molecule has 0 unspecified atom stereocenters. The molecular formula is C14H16ClN3O2. The first-order valence-electron chi connectivity index (χ1n) is 6.13. The third kappa shape index (κ3) is 3.74. The Morgan fingerprint density at radius 2 is 2.15 bits per heavy atom. The molecule has 0 aliphatic rings. The lowest BCUT2D eigenvalue weighted by Crippen LogP contribution is -2.27. The van der Waals surface area contributed by atoms with Crippen molar-refractivity contribution in [2.45, 2.75) is 26.4 Å². The van der Waals surface area contributed by atoms with Crippen molar-refractivity contribution in [2.75, 3.05) is 5.32 Å². The first-order valence-corrected chi connectivity index (χ1v) is 6.51. The fraction of sp³-hybridized carbons (Fsp3) is 0.286. The average molecular weight is 294 g/mol. The van der Waals surface area contributed by atoms with Crippen LogP contribution < -0.4 is 5.32 Å². The summed E-state index contributed by atoms with van der Waals surface area (Å²) in [5.74, 6) is 0. The zero-order valence-electron chi connectivity index (χ0n) is 11.5. The summed E-state index contributed by atoms with van der Waals surface area (Å²) in [6.45, 7) is 5.40. The number of rotatable bonds is 2. The number of ether oxygens (including phenoxy) is 1. The molecule has 0 spiro atoms. The van der Waals surface area contributed by atoms with Gasteiger partial charge in [-0.2, -0.15) is 0 Å². The van der Waals surface area contributed by atoms with Gasteiger partial charge in [-0.1, -0.05) is 17.7 Å². The molecule has 0 radical (unpaired) electrons. The molecule has 2 N–H and O–H groups in total. The highest BCUT2D eigenvalue weighted by Gasteiger charge is 2.17. The standard InChI is InChI=1S/C14H16ClN3O2/c1-14(2,3)20-13(19)18-11-5-4-9(6-10(11)15)12-7-16-8-17-12/h4-8H,1-3H3,(H,16,17)(H,18,19). The molecule has 2 rings (SSSR count). The fourth-order valence-electron chi connectivity index (χ4n) is 1.61. The van der Waals surface area contributed by atoms with Crippen LogP contribution in [0.1, 0.15) is 20.8 Å². The van der Waals surface area contributed by atoms with Crippen LogP contribution in [0, 0.1) is 0 Å². The summed E-state index contributed by atoms with van der Waals surface area (Å²) in [4.78, 5) is 18.6. The molecule has 0 fully saturated rings. The van der Waals surface area contributed by atoms with Gasteiger partial charge >= 0.3 is 6.09 Å². The minimum Gasteiger partial charge on any atom is -0.444 e. The summed E-state index contributed by atoms with van der Waals surface area (Å²) in [5, 5.41) is 3.05. The number of benzene rings is 1. The average Bonchev–Trinajstić information content (AvgIpc) is 2.82. The minimum atomic E-state index is -0.549. The molecule has 0 aliphatic carbocycles. The van der Waals surface area contributed by atoms with Gasteiger partial charge in [-0.25, -0.2) is 9.78 Å². The topological polar surface area (TPSA) is 67.0 Å². The van der Waals surface area contributed by atoms with E-state index >= 15 is 0 Å². The van der Waals surface area contributed by atoms with Crippen LogP contribution in [0.15, 0.2) is 30.7 Å². The minimum absolute atomic E-state index is 0.433. The summed E-state index contributed by atoms with van der Waals surface area (Å²) in [6.07, 6.45) is 2.76. The lowest BCUT2D eigenvalue weighted by atomic mass is 10.1. The Labute approximate surface area is 122 Å². The van der Waals surface area contributed by atoms with E-state index in [1.807, 2.05) is 6.07 Å². The van der Waals surface area contributed by atoms with Crippen LogP contribution in [-0.4, -0.2) is 21.7 Å². The van der Waals surface area contributed by atoms with E-state index in [1.54, 1.807) is 45.4 Å². The summed E-state index contributed by atoms with van der Waals surface area (Å²) in [7, 11) is 0. The van der Waals surface area contributed by atoms with Gasteiger partial charge in [0.05, 0.1) is 28.9 Å². The van der Waals surface area contributed by atoms with E-state index in [1.165, 1.54) is 0 Å². The van der Waals surface area contributed by atoms with Crippen LogP contribution in [0.4, 0.5) is 10.5 Å². The van der Waals surface area contributed by atoms with E-state index in [0.29, 0.717) is 10.7 Å². The molecule has 0 saturated heterocycles. The molecule has 6 heteroatoms.